The Labute approximate surface area is 209 Å². The Morgan fingerprint density at radius 1 is 0.941 bits per heavy atom. The van der Waals surface area contributed by atoms with Gasteiger partial charge in [-0.2, -0.15) is 0 Å². The normalized spacial score (nSPS) is 31.6. The molecule has 0 bridgehead atoms. The average Bonchev–Trinajstić information content (AvgIpc) is 2.78. The highest BCUT2D eigenvalue weighted by Gasteiger charge is 2.56. The molecule has 4 rings (SSSR count). The third-order valence-corrected chi connectivity index (χ3v) is 10.1. The van der Waals surface area contributed by atoms with Gasteiger partial charge < -0.3 is 5.32 Å². The largest absolute Gasteiger partial charge is 0.325 e. The third kappa shape index (κ3) is 4.28. The number of carbonyl (C=O) groups is 1. The molecule has 2 nitrogen and oxygen atoms in total. The number of carbonyl (C=O) groups excluding carboxylic acids is 1. The van der Waals surface area contributed by atoms with Gasteiger partial charge in [-0.3, -0.25) is 4.79 Å². The lowest BCUT2D eigenvalue weighted by Crippen LogP contribution is -2.52. The highest BCUT2D eigenvalue weighted by Crippen LogP contribution is 2.62. The van der Waals surface area contributed by atoms with E-state index in [0.717, 1.165) is 30.4 Å². The molecular formula is C32H49NO. The lowest BCUT2D eigenvalue weighted by Gasteiger charge is -2.56. The second-order valence-corrected chi connectivity index (χ2v) is 13.2. The topological polar surface area (TPSA) is 29.1 Å². The fraction of sp³-hybridized carbons (Fsp3) is 0.719. The van der Waals surface area contributed by atoms with Crippen LogP contribution in [0.1, 0.15) is 130 Å². The van der Waals surface area contributed by atoms with Crippen LogP contribution >= 0.6 is 0 Å². The molecule has 0 radical (unpaired) electrons. The van der Waals surface area contributed by atoms with E-state index in [-0.39, 0.29) is 16.7 Å². The van der Waals surface area contributed by atoms with Gasteiger partial charge in [-0.05, 0) is 91.1 Å². The molecule has 0 spiro atoms. The van der Waals surface area contributed by atoms with Crippen molar-refractivity contribution in [3.8, 4) is 0 Å². The standard InChI is InChI=1S/C32H49NO/c1-20(2)23-13-15-27-24(19-23)14-16-28-31(27,7)17-10-18-32(28,8)30(34)33-29-25(21(3)4)11-9-12-26(29)22(5)6/h9,11-12,20-23,28H,10,13-19H2,1-8H3,(H,33,34)/t23?,28?,31?,32-/m1/s1. The van der Waals surface area contributed by atoms with Crippen molar-refractivity contribution in [1.29, 1.82) is 0 Å². The molecule has 1 amide bonds. The zero-order valence-corrected chi connectivity index (χ0v) is 23.2. The number of hydrogen-bond donors (Lipinski definition) is 1. The first-order valence-corrected chi connectivity index (χ1v) is 14.1. The molecule has 1 N–H and O–H groups in total. The SMILES string of the molecule is CC(C)c1cccc(C(C)C)c1NC(=O)[C@]1(C)CCCC2(C)C3=C(CCC21)CC(C(C)C)CC3. The Bertz CT molecular complexity index is 928. The van der Waals surface area contributed by atoms with Crippen molar-refractivity contribution in [2.45, 2.75) is 119 Å². The Morgan fingerprint density at radius 3 is 2.18 bits per heavy atom. The molecule has 0 heterocycles. The average molecular weight is 464 g/mol. The maximum absolute atomic E-state index is 14.2. The van der Waals surface area contributed by atoms with Crippen LogP contribution in [0, 0.1) is 28.6 Å². The maximum Gasteiger partial charge on any atom is 0.230 e. The molecule has 0 aliphatic heterocycles. The quantitative estimate of drug-likeness (QED) is 0.433. The van der Waals surface area contributed by atoms with Gasteiger partial charge in [-0.15, -0.1) is 0 Å². The van der Waals surface area contributed by atoms with Crippen LogP contribution in [-0.2, 0) is 4.79 Å². The molecule has 3 aliphatic rings. The number of amides is 1. The van der Waals surface area contributed by atoms with E-state index >= 15 is 0 Å². The zero-order valence-electron chi connectivity index (χ0n) is 23.2. The molecule has 1 aromatic carbocycles. The van der Waals surface area contributed by atoms with E-state index in [2.05, 4.69) is 78.9 Å². The van der Waals surface area contributed by atoms with Crippen LogP contribution in [0.5, 0.6) is 0 Å². The Kier molecular flexibility index (Phi) is 7.11. The summed E-state index contributed by atoms with van der Waals surface area (Å²) in [4.78, 5) is 14.2. The van der Waals surface area contributed by atoms with Gasteiger partial charge in [0.05, 0.1) is 5.41 Å². The van der Waals surface area contributed by atoms with E-state index in [4.69, 9.17) is 0 Å². The second-order valence-electron chi connectivity index (χ2n) is 13.2. The minimum absolute atomic E-state index is 0.193. The van der Waals surface area contributed by atoms with Gasteiger partial charge in [0.2, 0.25) is 5.91 Å². The third-order valence-electron chi connectivity index (χ3n) is 10.1. The van der Waals surface area contributed by atoms with E-state index in [0.29, 0.717) is 17.8 Å². The first-order chi connectivity index (χ1) is 16.0. The highest BCUT2D eigenvalue weighted by molar-refractivity contribution is 5.97. The number of hydrogen-bond acceptors (Lipinski definition) is 1. The van der Waals surface area contributed by atoms with Crippen molar-refractivity contribution >= 4 is 11.6 Å². The van der Waals surface area contributed by atoms with Gasteiger partial charge in [0, 0.05) is 5.69 Å². The Balaban J connectivity index is 1.66. The molecule has 34 heavy (non-hydrogen) atoms. The molecule has 0 saturated heterocycles. The predicted octanol–water partition coefficient (Wildman–Crippen LogP) is 9.23. The van der Waals surface area contributed by atoms with Crippen LogP contribution in [0.4, 0.5) is 5.69 Å². The monoisotopic (exact) mass is 463 g/mol. The van der Waals surface area contributed by atoms with Gasteiger partial charge in [0.1, 0.15) is 0 Å². The fourth-order valence-corrected chi connectivity index (χ4v) is 7.97. The van der Waals surface area contributed by atoms with Crippen LogP contribution in [-0.4, -0.2) is 5.91 Å². The van der Waals surface area contributed by atoms with Crippen molar-refractivity contribution in [2.75, 3.05) is 5.32 Å². The minimum atomic E-state index is -0.307. The van der Waals surface area contributed by atoms with Gasteiger partial charge >= 0.3 is 0 Å². The number of fused-ring (bicyclic) bond motifs is 2. The molecule has 188 valence electrons. The lowest BCUT2D eigenvalue weighted by molar-refractivity contribution is -0.135. The first-order valence-electron chi connectivity index (χ1n) is 14.1. The molecular weight excluding hydrogens is 414 g/mol. The van der Waals surface area contributed by atoms with Crippen molar-refractivity contribution in [3.63, 3.8) is 0 Å². The predicted molar refractivity (Wildman–Crippen MR) is 145 cm³/mol. The van der Waals surface area contributed by atoms with Crippen molar-refractivity contribution in [1.82, 2.24) is 0 Å². The van der Waals surface area contributed by atoms with Crippen LogP contribution in [0.3, 0.4) is 0 Å². The zero-order chi connectivity index (χ0) is 24.8. The number of para-hydroxylation sites is 1. The number of benzene rings is 1. The van der Waals surface area contributed by atoms with Crippen LogP contribution in [0.2, 0.25) is 0 Å². The van der Waals surface area contributed by atoms with Crippen LogP contribution in [0.25, 0.3) is 0 Å². The van der Waals surface area contributed by atoms with Crippen molar-refractivity contribution in [3.05, 3.63) is 40.5 Å². The van der Waals surface area contributed by atoms with E-state index < -0.39 is 0 Å². The van der Waals surface area contributed by atoms with Crippen molar-refractivity contribution in [2.24, 2.45) is 28.6 Å². The molecule has 1 saturated carbocycles. The summed E-state index contributed by atoms with van der Waals surface area (Å²) in [5.74, 6) is 3.10. The first kappa shape index (κ1) is 25.5. The maximum atomic E-state index is 14.2. The van der Waals surface area contributed by atoms with Crippen LogP contribution in [0.15, 0.2) is 29.3 Å². The molecule has 2 heteroatoms. The molecule has 3 unspecified atom stereocenters. The summed E-state index contributed by atoms with van der Waals surface area (Å²) >= 11 is 0. The number of allylic oxidation sites excluding steroid dienone is 2. The smallest absolute Gasteiger partial charge is 0.230 e. The van der Waals surface area contributed by atoms with Crippen LogP contribution < -0.4 is 5.32 Å². The lowest BCUT2D eigenvalue weighted by atomic mass is 9.48. The van der Waals surface area contributed by atoms with E-state index in [9.17, 15) is 4.79 Å². The Morgan fingerprint density at radius 2 is 1.59 bits per heavy atom. The summed E-state index contributed by atoms with van der Waals surface area (Å²) in [6, 6.07) is 6.55. The summed E-state index contributed by atoms with van der Waals surface area (Å²) in [6.45, 7) is 18.5. The summed E-state index contributed by atoms with van der Waals surface area (Å²) in [5, 5.41) is 3.54. The van der Waals surface area contributed by atoms with E-state index in [1.165, 1.54) is 49.7 Å². The summed E-state index contributed by atoms with van der Waals surface area (Å²) in [5.41, 5.74) is 7.02. The fourth-order valence-electron chi connectivity index (χ4n) is 7.97. The molecule has 1 aromatic rings. The van der Waals surface area contributed by atoms with E-state index in [1.807, 2.05) is 0 Å². The number of nitrogens with one attached hydrogen (secondary N) is 1. The van der Waals surface area contributed by atoms with Gasteiger partial charge in [-0.25, -0.2) is 0 Å². The Hall–Kier alpha value is -1.57. The van der Waals surface area contributed by atoms with Crippen molar-refractivity contribution < 1.29 is 4.79 Å². The number of anilines is 1. The highest BCUT2D eigenvalue weighted by atomic mass is 16.2. The van der Waals surface area contributed by atoms with Gasteiger partial charge in [0.15, 0.2) is 0 Å². The molecule has 1 fully saturated rings. The second kappa shape index (κ2) is 9.47. The minimum Gasteiger partial charge on any atom is -0.325 e. The van der Waals surface area contributed by atoms with E-state index in [1.54, 1.807) is 11.1 Å². The van der Waals surface area contributed by atoms with Gasteiger partial charge in [0.25, 0.3) is 0 Å². The summed E-state index contributed by atoms with van der Waals surface area (Å²) in [7, 11) is 0. The summed E-state index contributed by atoms with van der Waals surface area (Å²) in [6.07, 6.45) is 9.71. The molecule has 0 aromatic heterocycles. The summed E-state index contributed by atoms with van der Waals surface area (Å²) < 4.78 is 0. The molecule has 4 atom stereocenters. The van der Waals surface area contributed by atoms with Gasteiger partial charge in [-0.1, -0.05) is 91.2 Å². The molecule has 3 aliphatic carbocycles. The number of rotatable bonds is 5.